The number of benzene rings is 2. The van der Waals surface area contributed by atoms with Gasteiger partial charge in [0.15, 0.2) is 6.29 Å². The van der Waals surface area contributed by atoms with E-state index in [1.54, 1.807) is 38.1 Å². The molecule has 0 bridgehead atoms. The van der Waals surface area contributed by atoms with Crippen LogP contribution < -0.4 is 0 Å². The van der Waals surface area contributed by atoms with Gasteiger partial charge in [0.2, 0.25) is 0 Å². The second kappa shape index (κ2) is 5.18. The van der Waals surface area contributed by atoms with E-state index in [4.69, 9.17) is 9.15 Å². The smallest absolute Gasteiger partial charge is 0.342 e. The Balaban J connectivity index is 2.52. The van der Waals surface area contributed by atoms with Gasteiger partial charge in [-0.2, -0.15) is 0 Å². The number of aromatic hydroxyl groups is 1. The molecule has 2 aromatic carbocycles. The van der Waals surface area contributed by atoms with E-state index >= 15 is 0 Å². The van der Waals surface area contributed by atoms with E-state index in [1.165, 1.54) is 0 Å². The van der Waals surface area contributed by atoms with Crippen molar-refractivity contribution in [2.75, 3.05) is 6.61 Å². The van der Waals surface area contributed by atoms with Gasteiger partial charge in [-0.3, -0.25) is 4.79 Å². The zero-order chi connectivity index (χ0) is 15.9. The predicted octanol–water partition coefficient (Wildman–Crippen LogP) is 3.59. The third-order valence-electron chi connectivity index (χ3n) is 3.63. The lowest BCUT2D eigenvalue weighted by Crippen LogP contribution is -2.06. The van der Waals surface area contributed by atoms with E-state index in [0.29, 0.717) is 33.8 Å². The quantitative estimate of drug-likeness (QED) is 0.590. The molecule has 0 fully saturated rings. The van der Waals surface area contributed by atoms with Crippen molar-refractivity contribution >= 4 is 34.0 Å². The molecule has 0 aliphatic heterocycles. The van der Waals surface area contributed by atoms with Crippen molar-refractivity contribution in [1.29, 1.82) is 0 Å². The first-order chi connectivity index (χ1) is 10.6. The Morgan fingerprint density at radius 3 is 2.64 bits per heavy atom. The number of hydrogen-bond acceptors (Lipinski definition) is 5. The molecular weight excluding hydrogens is 284 g/mol. The second-order valence-electron chi connectivity index (χ2n) is 4.88. The Morgan fingerprint density at radius 2 is 2.00 bits per heavy atom. The lowest BCUT2D eigenvalue weighted by Gasteiger charge is -2.07. The van der Waals surface area contributed by atoms with Gasteiger partial charge < -0.3 is 14.3 Å². The maximum atomic E-state index is 12.2. The van der Waals surface area contributed by atoms with Crippen LogP contribution in [-0.4, -0.2) is 24.0 Å². The normalized spacial score (nSPS) is 11.0. The van der Waals surface area contributed by atoms with Gasteiger partial charge in [0.05, 0.1) is 17.6 Å². The molecule has 0 saturated carbocycles. The van der Waals surface area contributed by atoms with Gasteiger partial charge in [0.25, 0.3) is 0 Å². The van der Waals surface area contributed by atoms with Gasteiger partial charge in [-0.25, -0.2) is 4.79 Å². The number of aryl methyl sites for hydroxylation is 1. The molecule has 0 aliphatic carbocycles. The van der Waals surface area contributed by atoms with E-state index in [-0.39, 0.29) is 23.5 Å². The molecule has 5 nitrogen and oxygen atoms in total. The number of phenolic OH excluding ortho intramolecular Hbond substituents is 1. The summed E-state index contributed by atoms with van der Waals surface area (Å²) >= 11 is 0. The topological polar surface area (TPSA) is 76.7 Å². The molecule has 0 saturated heterocycles. The van der Waals surface area contributed by atoms with Gasteiger partial charge in [-0.15, -0.1) is 0 Å². The molecular formula is C17H14O5. The molecule has 3 aromatic rings. The summed E-state index contributed by atoms with van der Waals surface area (Å²) in [5.41, 5.74) is 0.615. The Labute approximate surface area is 126 Å². The summed E-state index contributed by atoms with van der Waals surface area (Å²) in [7, 11) is 0. The van der Waals surface area contributed by atoms with E-state index in [2.05, 4.69) is 0 Å². The molecule has 22 heavy (non-hydrogen) atoms. The fourth-order valence-electron chi connectivity index (χ4n) is 2.71. The highest BCUT2D eigenvalue weighted by molar-refractivity contribution is 6.20. The zero-order valence-electron chi connectivity index (χ0n) is 12.2. The first-order valence-corrected chi connectivity index (χ1v) is 6.89. The first-order valence-electron chi connectivity index (χ1n) is 6.89. The van der Waals surface area contributed by atoms with Crippen molar-refractivity contribution in [3.63, 3.8) is 0 Å². The number of fused-ring (bicyclic) bond motifs is 3. The van der Waals surface area contributed by atoms with Crippen LogP contribution in [0, 0.1) is 6.92 Å². The highest BCUT2D eigenvalue weighted by Crippen LogP contribution is 2.40. The van der Waals surface area contributed by atoms with Gasteiger partial charge in [0, 0.05) is 10.8 Å². The summed E-state index contributed by atoms with van der Waals surface area (Å²) in [6.07, 6.45) is 0.530. The van der Waals surface area contributed by atoms with Crippen LogP contribution in [-0.2, 0) is 4.74 Å². The van der Waals surface area contributed by atoms with Crippen molar-refractivity contribution in [1.82, 2.24) is 0 Å². The maximum absolute atomic E-state index is 12.2. The minimum atomic E-state index is -0.573. The molecule has 0 amide bonds. The van der Waals surface area contributed by atoms with Crippen LogP contribution in [0.15, 0.2) is 28.7 Å². The molecule has 0 unspecified atom stereocenters. The van der Waals surface area contributed by atoms with Gasteiger partial charge in [-0.1, -0.05) is 24.3 Å². The molecule has 0 aliphatic rings. The molecule has 3 rings (SSSR count). The van der Waals surface area contributed by atoms with E-state index in [9.17, 15) is 14.7 Å². The molecule has 1 N–H and O–H groups in total. The first kappa shape index (κ1) is 14.1. The average molecular weight is 298 g/mol. The lowest BCUT2D eigenvalue weighted by molar-refractivity contribution is 0.0526. The van der Waals surface area contributed by atoms with Crippen LogP contribution in [0.5, 0.6) is 5.75 Å². The third-order valence-corrected chi connectivity index (χ3v) is 3.63. The van der Waals surface area contributed by atoms with Crippen LogP contribution in [0.3, 0.4) is 0 Å². The summed E-state index contributed by atoms with van der Waals surface area (Å²) in [6, 6.07) is 7.01. The molecule has 0 spiro atoms. The summed E-state index contributed by atoms with van der Waals surface area (Å²) in [5.74, 6) is -0.381. The number of aldehydes is 1. The number of esters is 1. The zero-order valence-corrected chi connectivity index (χ0v) is 12.2. The Hall–Kier alpha value is -2.82. The number of carbonyl (C=O) groups excluding carboxylic acids is 2. The third kappa shape index (κ3) is 1.86. The monoisotopic (exact) mass is 298 g/mol. The van der Waals surface area contributed by atoms with Crippen LogP contribution in [0.25, 0.3) is 21.7 Å². The van der Waals surface area contributed by atoms with E-state index < -0.39 is 5.97 Å². The molecule has 112 valence electrons. The molecule has 5 heteroatoms. The number of rotatable bonds is 3. The standard InChI is InChI=1S/C17H14O5/c1-3-21-17(20)13-9(2)22-16-11-7-5-4-6-10(11)15(19)12(8-18)14(13)16/h4-8,19H,3H2,1-2H3. The minimum Gasteiger partial charge on any atom is -0.507 e. The predicted molar refractivity (Wildman–Crippen MR) is 81.5 cm³/mol. The van der Waals surface area contributed by atoms with Crippen LogP contribution in [0.1, 0.15) is 33.4 Å². The number of furan rings is 1. The number of ether oxygens (including phenoxy) is 1. The summed E-state index contributed by atoms with van der Waals surface area (Å²) in [6.45, 7) is 3.54. The molecule has 1 aromatic heterocycles. The SMILES string of the molecule is CCOC(=O)c1c(C)oc2c1c(C=O)c(O)c1ccccc12. The van der Waals surface area contributed by atoms with Crippen molar-refractivity contribution in [3.8, 4) is 5.75 Å². The van der Waals surface area contributed by atoms with Crippen LogP contribution in [0.4, 0.5) is 0 Å². The minimum absolute atomic E-state index is 0.0357. The highest BCUT2D eigenvalue weighted by Gasteiger charge is 2.26. The largest absolute Gasteiger partial charge is 0.507 e. The van der Waals surface area contributed by atoms with Crippen molar-refractivity contribution in [2.24, 2.45) is 0 Å². The molecule has 1 heterocycles. The van der Waals surface area contributed by atoms with Crippen molar-refractivity contribution in [2.45, 2.75) is 13.8 Å². The molecule has 0 radical (unpaired) electrons. The Bertz CT molecular complexity index is 904. The van der Waals surface area contributed by atoms with Gasteiger partial charge >= 0.3 is 5.97 Å². The summed E-state index contributed by atoms with van der Waals surface area (Å²) < 4.78 is 10.7. The Kier molecular flexibility index (Phi) is 3.33. The molecule has 0 atom stereocenters. The maximum Gasteiger partial charge on any atom is 0.342 e. The van der Waals surface area contributed by atoms with Crippen LogP contribution in [0.2, 0.25) is 0 Å². The summed E-state index contributed by atoms with van der Waals surface area (Å²) in [4.78, 5) is 23.6. The number of phenols is 1. The average Bonchev–Trinajstić information content (AvgIpc) is 2.85. The van der Waals surface area contributed by atoms with E-state index in [0.717, 1.165) is 0 Å². The van der Waals surface area contributed by atoms with Crippen molar-refractivity contribution < 1.29 is 23.8 Å². The van der Waals surface area contributed by atoms with Crippen LogP contribution >= 0.6 is 0 Å². The number of hydrogen-bond donors (Lipinski definition) is 1. The van der Waals surface area contributed by atoms with Crippen molar-refractivity contribution in [3.05, 3.63) is 41.2 Å². The summed E-state index contributed by atoms with van der Waals surface area (Å²) in [5, 5.41) is 11.8. The lowest BCUT2D eigenvalue weighted by atomic mass is 9.98. The fourth-order valence-corrected chi connectivity index (χ4v) is 2.71. The van der Waals surface area contributed by atoms with Gasteiger partial charge in [0.1, 0.15) is 22.7 Å². The highest BCUT2D eigenvalue weighted by atomic mass is 16.5. The fraction of sp³-hybridized carbons (Fsp3) is 0.176. The second-order valence-corrected chi connectivity index (χ2v) is 4.88. The van der Waals surface area contributed by atoms with E-state index in [1.807, 2.05) is 0 Å². The Morgan fingerprint density at radius 1 is 1.32 bits per heavy atom. The van der Waals surface area contributed by atoms with Gasteiger partial charge in [-0.05, 0) is 13.8 Å². The number of carbonyl (C=O) groups is 2.